The minimum atomic E-state index is -1.51. The first kappa shape index (κ1) is 15.4. The lowest BCUT2D eigenvalue weighted by Gasteiger charge is -2.24. The van der Waals surface area contributed by atoms with E-state index in [0.29, 0.717) is 5.92 Å². The van der Waals surface area contributed by atoms with Gasteiger partial charge >= 0.3 is 0 Å². The fourth-order valence-electron chi connectivity index (χ4n) is 1.44. The molecule has 0 aliphatic rings. The van der Waals surface area contributed by atoms with Gasteiger partial charge in [0.1, 0.15) is 0 Å². The van der Waals surface area contributed by atoms with Gasteiger partial charge in [0.05, 0.1) is 5.76 Å². The van der Waals surface area contributed by atoms with Crippen molar-refractivity contribution in [2.75, 3.05) is 5.75 Å². The molecule has 0 saturated carbocycles. The normalized spacial score (nSPS) is 13.2. The lowest BCUT2D eigenvalue weighted by molar-refractivity contribution is 0.369. The van der Waals surface area contributed by atoms with E-state index in [1.807, 2.05) is 11.8 Å². The maximum atomic E-state index is 5.94. The van der Waals surface area contributed by atoms with Crippen LogP contribution in [0.1, 0.15) is 12.5 Å². The molecule has 1 aromatic carbocycles. The van der Waals surface area contributed by atoms with Crippen molar-refractivity contribution < 1.29 is 4.43 Å². The second-order valence-electron chi connectivity index (χ2n) is 5.71. The van der Waals surface area contributed by atoms with Crippen LogP contribution >= 0.6 is 11.8 Å². The van der Waals surface area contributed by atoms with Gasteiger partial charge < -0.3 is 4.43 Å². The summed E-state index contributed by atoms with van der Waals surface area (Å²) in [6, 6.07) is 8.66. The molecule has 0 bridgehead atoms. The molecule has 0 heterocycles. The van der Waals surface area contributed by atoms with Crippen LogP contribution in [0.5, 0.6) is 0 Å². The molecule has 1 nitrogen and oxygen atoms in total. The topological polar surface area (TPSA) is 9.23 Å². The molecule has 1 rings (SSSR count). The summed E-state index contributed by atoms with van der Waals surface area (Å²) < 4.78 is 5.94. The highest BCUT2D eigenvalue weighted by Gasteiger charge is 2.19. The van der Waals surface area contributed by atoms with E-state index >= 15 is 0 Å². The maximum Gasteiger partial charge on any atom is 0.241 e. The third-order valence-electron chi connectivity index (χ3n) is 2.51. The third kappa shape index (κ3) is 5.78. The Balaban J connectivity index is 2.43. The first-order valence-corrected chi connectivity index (χ1v) is 10.7. The monoisotopic (exact) mass is 280 g/mol. The van der Waals surface area contributed by atoms with Crippen LogP contribution in [-0.2, 0) is 4.43 Å². The Hall–Kier alpha value is -0.673. The molecule has 0 aliphatic carbocycles. The Bertz CT molecular complexity index is 392. The predicted octanol–water partition coefficient (Wildman–Crippen LogP) is 5.09. The highest BCUT2D eigenvalue weighted by atomic mass is 32.2. The van der Waals surface area contributed by atoms with E-state index in [1.54, 1.807) is 0 Å². The molecule has 1 aromatic rings. The van der Waals surface area contributed by atoms with E-state index in [-0.39, 0.29) is 0 Å². The molecule has 3 heteroatoms. The molecule has 0 fully saturated rings. The number of hydrogen-bond acceptors (Lipinski definition) is 2. The van der Waals surface area contributed by atoms with Crippen molar-refractivity contribution in [2.24, 2.45) is 5.92 Å². The third-order valence-corrected chi connectivity index (χ3v) is 4.65. The molecule has 0 spiro atoms. The van der Waals surface area contributed by atoms with Crippen LogP contribution in [0.3, 0.4) is 0 Å². The van der Waals surface area contributed by atoms with Crippen molar-refractivity contribution in [1.29, 1.82) is 0 Å². The van der Waals surface area contributed by atoms with Gasteiger partial charge in [-0.1, -0.05) is 31.2 Å². The smallest absolute Gasteiger partial charge is 0.241 e. The summed E-state index contributed by atoms with van der Waals surface area (Å²) in [5.41, 5.74) is 1.30. The van der Waals surface area contributed by atoms with Crippen LogP contribution in [0.25, 0.3) is 0 Å². The van der Waals surface area contributed by atoms with Crippen molar-refractivity contribution in [3.8, 4) is 0 Å². The molecule has 0 N–H and O–H groups in total. The first-order chi connectivity index (χ1) is 8.28. The van der Waals surface area contributed by atoms with Crippen LogP contribution in [0.2, 0.25) is 19.6 Å². The summed E-state index contributed by atoms with van der Waals surface area (Å²) in [5, 5.41) is 0. The van der Waals surface area contributed by atoms with Crippen molar-refractivity contribution in [2.45, 2.75) is 38.4 Å². The molecule has 0 saturated heterocycles. The molecule has 0 amide bonds. The largest absolute Gasteiger partial charge is 0.548 e. The molecule has 0 aromatic heterocycles. The second-order valence-corrected chi connectivity index (χ2v) is 11.2. The van der Waals surface area contributed by atoms with Crippen molar-refractivity contribution >= 4 is 20.1 Å². The van der Waals surface area contributed by atoms with Gasteiger partial charge in [-0.2, -0.15) is 0 Å². The summed E-state index contributed by atoms with van der Waals surface area (Å²) in [5.74, 6) is 2.35. The van der Waals surface area contributed by atoms with Crippen LogP contribution in [0.4, 0.5) is 0 Å². The molecule has 100 valence electrons. The Morgan fingerprint density at radius 1 is 1.28 bits per heavy atom. The van der Waals surface area contributed by atoms with Crippen LogP contribution in [0, 0.1) is 12.8 Å². The first-order valence-electron chi connectivity index (χ1n) is 6.35. The van der Waals surface area contributed by atoms with E-state index in [9.17, 15) is 0 Å². The van der Waals surface area contributed by atoms with Gasteiger partial charge in [0.2, 0.25) is 8.32 Å². The molecule has 18 heavy (non-hydrogen) atoms. The zero-order valence-corrected chi connectivity index (χ0v) is 13.9. The average molecular weight is 281 g/mol. The van der Waals surface area contributed by atoms with E-state index in [4.69, 9.17) is 4.43 Å². The number of benzene rings is 1. The number of hydrogen-bond donors (Lipinski definition) is 0. The van der Waals surface area contributed by atoms with Crippen LogP contribution in [-0.4, -0.2) is 14.1 Å². The highest BCUT2D eigenvalue weighted by Crippen LogP contribution is 2.25. The number of thioether (sulfide) groups is 1. The summed E-state index contributed by atoms with van der Waals surface area (Å²) in [7, 11) is -1.51. The number of rotatable bonds is 6. The zero-order valence-electron chi connectivity index (χ0n) is 12.1. The molecule has 0 radical (unpaired) electrons. The Labute approximate surface area is 117 Å². The Morgan fingerprint density at radius 3 is 2.33 bits per heavy atom. The van der Waals surface area contributed by atoms with Crippen molar-refractivity contribution in [3.63, 3.8) is 0 Å². The van der Waals surface area contributed by atoms with Gasteiger partial charge in [-0.25, -0.2) is 0 Å². The minimum Gasteiger partial charge on any atom is -0.548 e. The summed E-state index contributed by atoms with van der Waals surface area (Å²) in [6.07, 6.45) is 0. The average Bonchev–Trinajstić information content (AvgIpc) is 2.25. The predicted molar refractivity (Wildman–Crippen MR) is 84.6 cm³/mol. The highest BCUT2D eigenvalue weighted by molar-refractivity contribution is 7.99. The summed E-state index contributed by atoms with van der Waals surface area (Å²) in [6.45, 7) is 14.9. The molecular formula is C15H24OSSi. The van der Waals surface area contributed by atoms with Gasteiger partial charge in [-0.05, 0) is 38.7 Å². The van der Waals surface area contributed by atoms with Crippen LogP contribution < -0.4 is 0 Å². The van der Waals surface area contributed by atoms with Crippen molar-refractivity contribution in [3.05, 3.63) is 42.2 Å². The molecule has 0 aliphatic heterocycles. The van der Waals surface area contributed by atoms with E-state index in [0.717, 1.165) is 11.5 Å². The zero-order chi connectivity index (χ0) is 13.8. The fraction of sp³-hybridized carbons (Fsp3) is 0.467. The molecule has 1 atom stereocenters. The lowest BCUT2D eigenvalue weighted by Crippen LogP contribution is -2.26. The van der Waals surface area contributed by atoms with Gasteiger partial charge in [0.25, 0.3) is 0 Å². The molecular weight excluding hydrogens is 256 g/mol. The SMILES string of the molecule is C=C(O[Si](C)(C)C)C(C)CSc1ccc(C)cc1. The summed E-state index contributed by atoms with van der Waals surface area (Å²) in [4.78, 5) is 1.31. The van der Waals surface area contributed by atoms with E-state index < -0.39 is 8.32 Å². The van der Waals surface area contributed by atoms with Gasteiger partial charge in [0, 0.05) is 16.6 Å². The minimum absolute atomic E-state index is 0.392. The fourth-order valence-corrected chi connectivity index (χ4v) is 3.39. The van der Waals surface area contributed by atoms with Gasteiger partial charge in [-0.3, -0.25) is 0 Å². The van der Waals surface area contributed by atoms with E-state index in [1.165, 1.54) is 10.5 Å². The van der Waals surface area contributed by atoms with Crippen molar-refractivity contribution in [1.82, 2.24) is 0 Å². The Kier molecular flexibility index (Phi) is 5.54. The quantitative estimate of drug-likeness (QED) is 0.408. The van der Waals surface area contributed by atoms with Crippen LogP contribution in [0.15, 0.2) is 41.5 Å². The summed E-state index contributed by atoms with van der Waals surface area (Å²) >= 11 is 1.87. The number of allylic oxidation sites excluding steroid dienone is 1. The second kappa shape index (κ2) is 6.48. The molecule has 1 unspecified atom stereocenters. The van der Waals surface area contributed by atoms with Gasteiger partial charge in [0.15, 0.2) is 0 Å². The Morgan fingerprint density at radius 2 is 1.83 bits per heavy atom. The standard InChI is InChI=1S/C15H24OSSi/c1-12-7-9-15(10-8-12)17-11-13(2)14(3)16-18(4,5)6/h7-10,13H,3,11H2,1-2,4-6H3. The van der Waals surface area contributed by atoms with E-state index in [2.05, 4.69) is 64.3 Å². The maximum absolute atomic E-state index is 5.94. The van der Waals surface area contributed by atoms with Gasteiger partial charge in [-0.15, -0.1) is 11.8 Å². The number of aryl methyl sites for hydroxylation is 1. The lowest BCUT2D eigenvalue weighted by atomic mass is 10.2.